The van der Waals surface area contributed by atoms with Gasteiger partial charge in [-0.25, -0.2) is 0 Å². The summed E-state index contributed by atoms with van der Waals surface area (Å²) >= 11 is 29.3. The molecule has 0 amide bonds. The second-order valence-electron chi connectivity index (χ2n) is 3.10. The van der Waals surface area contributed by atoms with Crippen LogP contribution >= 0.6 is 67.2 Å². The maximum Gasteiger partial charge on any atom is 0.172 e. The van der Waals surface area contributed by atoms with E-state index >= 15 is 0 Å². The average Bonchev–Trinajstić information content (AvgIpc) is 2.23. The molecule has 0 radical (unpaired) electrons. The smallest absolute Gasteiger partial charge is 0.172 e. The van der Waals surface area contributed by atoms with E-state index in [0.717, 1.165) is 0 Å². The Morgan fingerprint density at radius 3 is 1.56 bits per heavy atom. The second-order valence-corrected chi connectivity index (χ2v) is 5.99. The van der Waals surface area contributed by atoms with Gasteiger partial charge in [-0.2, -0.15) is 0 Å². The average molecular weight is 338 g/mol. The highest BCUT2D eigenvalue weighted by molar-refractivity contribution is 7.19. The van der Waals surface area contributed by atoms with Crippen LogP contribution in [0.2, 0.25) is 25.1 Å². The van der Waals surface area contributed by atoms with E-state index in [0.29, 0.717) is 0 Å². The van der Waals surface area contributed by atoms with E-state index in [1.807, 2.05) is 0 Å². The molecule has 16 heavy (non-hydrogen) atoms. The predicted octanol–water partition coefficient (Wildman–Crippen LogP) is 5.40. The number of rotatable bonds is 2. The fourth-order valence-electron chi connectivity index (χ4n) is 1.05. The molecule has 1 aromatic carbocycles. The first-order valence-corrected chi connectivity index (χ1v) is 6.65. The van der Waals surface area contributed by atoms with Gasteiger partial charge in [-0.15, -0.1) is 9.24 Å². The van der Waals surface area contributed by atoms with Gasteiger partial charge in [0.1, 0.15) is 0 Å². The lowest BCUT2D eigenvalue weighted by molar-refractivity contribution is 0.0994. The molecule has 0 spiro atoms. The zero-order valence-electron chi connectivity index (χ0n) is 7.95. The first kappa shape index (κ1) is 14.8. The van der Waals surface area contributed by atoms with Crippen molar-refractivity contribution in [2.75, 3.05) is 0 Å². The van der Waals surface area contributed by atoms with E-state index in [4.69, 9.17) is 58.0 Å². The van der Waals surface area contributed by atoms with Gasteiger partial charge < -0.3 is 0 Å². The molecule has 2 unspecified atom stereocenters. The molecule has 0 saturated heterocycles. The number of benzene rings is 1. The summed E-state index contributed by atoms with van der Waals surface area (Å²) in [5.41, 5.74) is -0.242. The van der Waals surface area contributed by atoms with Crippen molar-refractivity contribution < 1.29 is 4.79 Å². The first-order valence-electron chi connectivity index (χ1n) is 4.10. The summed E-state index contributed by atoms with van der Waals surface area (Å²) in [6, 6.07) is 0. The van der Waals surface area contributed by atoms with E-state index in [9.17, 15) is 4.79 Å². The maximum absolute atomic E-state index is 11.9. The van der Waals surface area contributed by atoms with Gasteiger partial charge in [0, 0.05) is 5.66 Å². The molecule has 1 nitrogen and oxygen atoms in total. The zero-order valence-corrected chi connectivity index (χ0v) is 12.9. The SMILES string of the molecule is CC(P)C(=O)c1c(Cl)c(Cl)c(Cl)c(Cl)c1Cl. The molecule has 0 fully saturated rings. The van der Waals surface area contributed by atoms with Crippen LogP contribution in [0.25, 0.3) is 0 Å². The van der Waals surface area contributed by atoms with Gasteiger partial charge in [-0.3, -0.25) is 4.79 Å². The molecule has 88 valence electrons. The molecule has 0 saturated carbocycles. The van der Waals surface area contributed by atoms with Crippen LogP contribution in [0, 0.1) is 0 Å². The van der Waals surface area contributed by atoms with Crippen molar-refractivity contribution in [1.29, 1.82) is 0 Å². The van der Waals surface area contributed by atoms with Crippen LogP contribution in [0.15, 0.2) is 0 Å². The molecule has 0 heterocycles. The molecular formula is C9H6Cl5OP. The topological polar surface area (TPSA) is 17.1 Å². The van der Waals surface area contributed by atoms with Gasteiger partial charge in [0.25, 0.3) is 0 Å². The van der Waals surface area contributed by atoms with Crippen LogP contribution < -0.4 is 0 Å². The Bertz CT molecular complexity index is 429. The van der Waals surface area contributed by atoms with Crippen molar-refractivity contribution >= 4 is 73.0 Å². The van der Waals surface area contributed by atoms with Crippen molar-refractivity contribution in [2.24, 2.45) is 0 Å². The number of hydrogen-bond acceptors (Lipinski definition) is 1. The van der Waals surface area contributed by atoms with Crippen molar-refractivity contribution in [3.63, 3.8) is 0 Å². The lowest BCUT2D eigenvalue weighted by atomic mass is 10.1. The summed E-state index contributed by atoms with van der Waals surface area (Å²) in [5.74, 6) is -0.263. The van der Waals surface area contributed by atoms with Crippen molar-refractivity contribution in [1.82, 2.24) is 0 Å². The number of ketones is 1. The number of carbonyl (C=O) groups is 1. The minimum atomic E-state index is -0.344. The third-order valence-corrected chi connectivity index (χ3v) is 4.45. The Morgan fingerprint density at radius 1 is 0.938 bits per heavy atom. The van der Waals surface area contributed by atoms with Gasteiger partial charge >= 0.3 is 0 Å². The van der Waals surface area contributed by atoms with E-state index in [1.54, 1.807) is 6.92 Å². The lowest BCUT2D eigenvalue weighted by Crippen LogP contribution is -2.12. The van der Waals surface area contributed by atoms with E-state index in [-0.39, 0.29) is 42.1 Å². The standard InChI is InChI=1S/C9H6Cl5OP/c1-2(16)9(15)3-4(10)6(12)8(14)7(13)5(3)11/h2H,16H2,1H3. The number of halogens is 5. The van der Waals surface area contributed by atoms with Crippen LogP contribution in [0.1, 0.15) is 17.3 Å². The van der Waals surface area contributed by atoms with Crippen LogP contribution in [0.5, 0.6) is 0 Å². The third-order valence-electron chi connectivity index (χ3n) is 1.87. The molecule has 1 aromatic rings. The molecule has 0 aliphatic carbocycles. The maximum atomic E-state index is 11.9. The Labute approximate surface area is 121 Å². The molecule has 0 aliphatic heterocycles. The summed E-state index contributed by atoms with van der Waals surface area (Å²) in [4.78, 5) is 11.9. The molecule has 0 aliphatic rings. The van der Waals surface area contributed by atoms with Crippen LogP contribution in [0.4, 0.5) is 0 Å². The van der Waals surface area contributed by atoms with Crippen molar-refractivity contribution in [3.05, 3.63) is 30.7 Å². The molecule has 2 atom stereocenters. The molecule has 0 bridgehead atoms. The van der Waals surface area contributed by atoms with Gasteiger partial charge in [0.15, 0.2) is 5.78 Å². The van der Waals surface area contributed by atoms with Gasteiger partial charge in [-0.05, 0) is 0 Å². The third kappa shape index (κ3) is 2.61. The molecule has 1 rings (SSSR count). The van der Waals surface area contributed by atoms with Gasteiger partial charge in [-0.1, -0.05) is 64.9 Å². The van der Waals surface area contributed by atoms with Gasteiger partial charge in [0.05, 0.1) is 30.7 Å². The Hall–Kier alpha value is 0.770. The Balaban J connectivity index is 3.58. The monoisotopic (exact) mass is 336 g/mol. The highest BCUT2D eigenvalue weighted by atomic mass is 35.5. The summed E-state index contributed by atoms with van der Waals surface area (Å²) in [5, 5.41) is 0.172. The normalized spacial score (nSPS) is 12.7. The fourth-order valence-corrected chi connectivity index (χ4v) is 2.54. The highest BCUT2D eigenvalue weighted by Crippen LogP contribution is 2.44. The largest absolute Gasteiger partial charge is 0.293 e. The van der Waals surface area contributed by atoms with Crippen LogP contribution in [-0.2, 0) is 0 Å². The summed E-state index contributed by atoms with van der Waals surface area (Å²) in [6.07, 6.45) is 0. The molecular weight excluding hydrogens is 332 g/mol. The van der Waals surface area contributed by atoms with Gasteiger partial charge in [0.2, 0.25) is 0 Å². The minimum absolute atomic E-state index is 0.0281. The van der Waals surface area contributed by atoms with E-state index < -0.39 is 0 Å². The second kappa shape index (κ2) is 5.61. The number of Topliss-reactive ketones (excluding diaryl/α,β-unsaturated/α-hetero) is 1. The van der Waals surface area contributed by atoms with Crippen LogP contribution in [-0.4, -0.2) is 11.4 Å². The molecule has 7 heteroatoms. The Morgan fingerprint density at radius 2 is 1.25 bits per heavy atom. The highest BCUT2D eigenvalue weighted by Gasteiger charge is 2.25. The van der Waals surface area contributed by atoms with E-state index in [2.05, 4.69) is 9.24 Å². The quantitative estimate of drug-likeness (QED) is 0.305. The molecule has 0 aromatic heterocycles. The first-order chi connectivity index (χ1) is 7.29. The lowest BCUT2D eigenvalue weighted by Gasteiger charge is -2.12. The predicted molar refractivity (Wildman–Crippen MR) is 75.0 cm³/mol. The summed E-state index contributed by atoms with van der Waals surface area (Å²) in [6.45, 7) is 1.69. The van der Waals surface area contributed by atoms with Crippen molar-refractivity contribution in [2.45, 2.75) is 12.6 Å². The minimum Gasteiger partial charge on any atom is -0.293 e. The zero-order chi connectivity index (χ0) is 12.6. The number of carbonyl (C=O) groups excluding carboxylic acids is 1. The fraction of sp³-hybridized carbons (Fsp3) is 0.222. The summed E-state index contributed by atoms with van der Waals surface area (Å²) < 4.78 is 0. The summed E-state index contributed by atoms with van der Waals surface area (Å²) in [7, 11) is 2.35. The van der Waals surface area contributed by atoms with Crippen LogP contribution in [0.3, 0.4) is 0 Å². The number of hydrogen-bond donors (Lipinski definition) is 0. The molecule has 0 N–H and O–H groups in total. The Kier molecular flexibility index (Phi) is 5.20. The van der Waals surface area contributed by atoms with Crippen molar-refractivity contribution in [3.8, 4) is 0 Å². The van der Waals surface area contributed by atoms with E-state index in [1.165, 1.54) is 0 Å².